The topological polar surface area (TPSA) is 144 Å². The van der Waals surface area contributed by atoms with E-state index in [0.717, 1.165) is 36.5 Å². The number of carbonyl (C=O) groups is 3. The van der Waals surface area contributed by atoms with E-state index in [4.69, 9.17) is 15.2 Å². The Kier molecular flexibility index (Phi) is 15.9. The highest BCUT2D eigenvalue weighted by atomic mass is 33.1. The molecule has 2 rings (SSSR count). The molecule has 0 aromatic carbocycles. The summed E-state index contributed by atoms with van der Waals surface area (Å²) in [7, 11) is 3.35. The zero-order chi connectivity index (χ0) is 24.4. The van der Waals surface area contributed by atoms with Crippen molar-refractivity contribution in [3.63, 3.8) is 0 Å². The van der Waals surface area contributed by atoms with Crippen LogP contribution in [0.4, 0.5) is 4.79 Å². The van der Waals surface area contributed by atoms with E-state index in [1.807, 2.05) is 11.8 Å². The number of thioether (sulfide) groups is 1. The largest absolute Gasteiger partial charge is 0.377 e. The molecule has 4 amide bonds. The van der Waals surface area contributed by atoms with Crippen molar-refractivity contribution >= 4 is 51.2 Å². The normalized spacial score (nSPS) is 21.1. The fourth-order valence-electron chi connectivity index (χ4n) is 3.60. The van der Waals surface area contributed by atoms with Crippen molar-refractivity contribution in [2.24, 2.45) is 5.73 Å². The summed E-state index contributed by atoms with van der Waals surface area (Å²) in [6.07, 6.45) is 3.84. The first kappa shape index (κ1) is 29.4. The first-order valence-electron chi connectivity index (χ1n) is 11.9. The van der Waals surface area contributed by atoms with Crippen molar-refractivity contribution in [3.8, 4) is 0 Å². The van der Waals surface area contributed by atoms with Crippen molar-refractivity contribution in [2.45, 2.75) is 49.4 Å². The van der Waals surface area contributed by atoms with Gasteiger partial charge < -0.3 is 36.5 Å². The Bertz CT molecular complexity index is 619. The predicted molar refractivity (Wildman–Crippen MR) is 140 cm³/mol. The van der Waals surface area contributed by atoms with Crippen molar-refractivity contribution in [1.29, 1.82) is 0 Å². The van der Waals surface area contributed by atoms with Crippen molar-refractivity contribution in [3.05, 3.63) is 0 Å². The molecule has 3 atom stereocenters. The first-order valence-corrected chi connectivity index (χ1v) is 15.5. The van der Waals surface area contributed by atoms with Gasteiger partial charge in [-0.3, -0.25) is 9.59 Å². The fraction of sp³-hybridized carbons (Fsp3) is 0.857. The number of amides is 4. The Labute approximate surface area is 214 Å². The molecule has 0 bridgehead atoms. The molecular formula is C21H39N5O5S3. The maximum Gasteiger partial charge on any atom is 0.315 e. The van der Waals surface area contributed by atoms with E-state index in [2.05, 4.69) is 21.3 Å². The molecule has 10 nitrogen and oxygen atoms in total. The highest BCUT2D eigenvalue weighted by Gasteiger charge is 2.42. The molecule has 0 radical (unpaired) electrons. The van der Waals surface area contributed by atoms with Gasteiger partial charge in [-0.15, -0.1) is 0 Å². The summed E-state index contributed by atoms with van der Waals surface area (Å²) in [4.78, 5) is 35.0. The van der Waals surface area contributed by atoms with Crippen LogP contribution in [0.2, 0.25) is 0 Å². The van der Waals surface area contributed by atoms with Gasteiger partial charge >= 0.3 is 6.03 Å². The zero-order valence-electron chi connectivity index (χ0n) is 19.7. The Morgan fingerprint density at radius 2 is 1.65 bits per heavy atom. The molecule has 0 saturated carbocycles. The van der Waals surface area contributed by atoms with Crippen molar-refractivity contribution in [1.82, 2.24) is 21.3 Å². The lowest BCUT2D eigenvalue weighted by Gasteiger charge is -2.16. The van der Waals surface area contributed by atoms with Gasteiger partial charge in [0.1, 0.15) is 0 Å². The Morgan fingerprint density at radius 1 is 0.971 bits per heavy atom. The van der Waals surface area contributed by atoms with Gasteiger partial charge in [0.15, 0.2) is 0 Å². The van der Waals surface area contributed by atoms with Gasteiger partial charge in [0.05, 0.1) is 38.5 Å². The van der Waals surface area contributed by atoms with Crippen LogP contribution in [0.3, 0.4) is 0 Å². The summed E-state index contributed by atoms with van der Waals surface area (Å²) in [5.41, 5.74) is 5.41. The fourth-order valence-corrected chi connectivity index (χ4v) is 6.99. The zero-order valence-corrected chi connectivity index (χ0v) is 22.1. The molecule has 6 N–H and O–H groups in total. The van der Waals surface area contributed by atoms with Crippen LogP contribution in [0.1, 0.15) is 32.1 Å². The molecular weight excluding hydrogens is 498 g/mol. The number of nitrogens with one attached hydrogen (secondary N) is 4. The van der Waals surface area contributed by atoms with E-state index in [1.54, 1.807) is 21.6 Å². The molecule has 0 spiro atoms. The van der Waals surface area contributed by atoms with E-state index >= 15 is 0 Å². The number of ether oxygens (including phenoxy) is 2. The minimum Gasteiger partial charge on any atom is -0.377 e. The van der Waals surface area contributed by atoms with Gasteiger partial charge in [-0.25, -0.2) is 4.79 Å². The third kappa shape index (κ3) is 12.7. The summed E-state index contributed by atoms with van der Waals surface area (Å²) in [5, 5.41) is 12.1. The van der Waals surface area contributed by atoms with E-state index in [9.17, 15) is 14.4 Å². The number of unbranched alkanes of at least 4 members (excludes halogenated alkanes) is 1. The lowest BCUT2D eigenvalue weighted by Crippen LogP contribution is -2.36. The molecule has 0 aromatic rings. The van der Waals surface area contributed by atoms with Gasteiger partial charge in [-0.1, -0.05) is 28.0 Å². The third-order valence-corrected chi connectivity index (χ3v) is 9.24. The molecule has 13 heteroatoms. The van der Waals surface area contributed by atoms with Crippen LogP contribution in [0, 0.1) is 0 Å². The second kappa shape index (κ2) is 18.4. The molecule has 2 aliphatic rings. The molecule has 0 aromatic heterocycles. The van der Waals surface area contributed by atoms with Crippen LogP contribution in [0.5, 0.6) is 0 Å². The number of urea groups is 1. The van der Waals surface area contributed by atoms with Crippen LogP contribution in [0.25, 0.3) is 0 Å². The lowest BCUT2D eigenvalue weighted by molar-refractivity contribution is -0.122. The van der Waals surface area contributed by atoms with E-state index in [-0.39, 0.29) is 29.9 Å². The smallest absolute Gasteiger partial charge is 0.315 e. The monoisotopic (exact) mass is 537 g/mol. The van der Waals surface area contributed by atoms with Crippen molar-refractivity contribution < 1.29 is 23.9 Å². The molecule has 3 unspecified atom stereocenters. The van der Waals surface area contributed by atoms with E-state index in [1.165, 1.54) is 0 Å². The molecule has 2 saturated heterocycles. The summed E-state index contributed by atoms with van der Waals surface area (Å²) >= 11 is 1.90. The Morgan fingerprint density at radius 3 is 2.35 bits per heavy atom. The predicted octanol–water partition coefficient (Wildman–Crippen LogP) is 0.708. The second-order valence-electron chi connectivity index (χ2n) is 7.97. The third-order valence-electron chi connectivity index (χ3n) is 5.29. The molecule has 2 aliphatic heterocycles. The van der Waals surface area contributed by atoms with Crippen LogP contribution < -0.4 is 27.0 Å². The van der Waals surface area contributed by atoms with Crippen LogP contribution >= 0.6 is 33.3 Å². The maximum absolute atomic E-state index is 11.9. The average molecular weight is 538 g/mol. The molecule has 196 valence electrons. The standard InChI is InChI=1S/C21H39N5O5S3/c22-6-14-34-33-13-5-19(28)24-8-10-31-12-11-30-9-7-23-18(27)4-2-1-3-17-20-16(15-32-17)25-21(29)26-20/h16-17,20H,1-15,22H2,(H,23,27)(H,24,28)(H2,25,26,29). The molecule has 2 heterocycles. The number of hydrogen-bond donors (Lipinski definition) is 5. The minimum atomic E-state index is -0.0588. The molecule has 0 aliphatic carbocycles. The Balaban J connectivity index is 1.30. The van der Waals surface area contributed by atoms with Gasteiger partial charge in [-0.2, -0.15) is 11.8 Å². The average Bonchev–Trinajstić information content (AvgIpc) is 3.37. The first-order chi connectivity index (χ1) is 16.6. The Hall–Kier alpha value is -0.860. The number of carbonyl (C=O) groups excluding carboxylic acids is 3. The van der Waals surface area contributed by atoms with Crippen LogP contribution in [-0.2, 0) is 19.1 Å². The second-order valence-corrected chi connectivity index (χ2v) is 11.9. The lowest BCUT2D eigenvalue weighted by atomic mass is 10.0. The molecule has 2 fully saturated rings. The number of nitrogens with two attached hydrogens (primary N) is 1. The minimum absolute atomic E-state index is 0.0297. The van der Waals surface area contributed by atoms with Gasteiger partial charge in [0.2, 0.25) is 11.8 Å². The summed E-state index contributed by atoms with van der Waals surface area (Å²) in [6, 6.07) is 0.421. The number of rotatable bonds is 20. The van der Waals surface area contributed by atoms with Gasteiger partial charge in [0.25, 0.3) is 0 Å². The van der Waals surface area contributed by atoms with E-state index < -0.39 is 0 Å². The van der Waals surface area contributed by atoms with Gasteiger partial charge in [-0.05, 0) is 12.8 Å². The maximum atomic E-state index is 11.9. The van der Waals surface area contributed by atoms with Crippen LogP contribution in [-0.4, -0.2) is 98.5 Å². The number of hydrogen-bond acceptors (Lipinski definition) is 9. The molecule has 34 heavy (non-hydrogen) atoms. The summed E-state index contributed by atoms with van der Waals surface area (Å²) < 4.78 is 10.9. The number of fused-ring (bicyclic) bond motifs is 1. The van der Waals surface area contributed by atoms with Crippen LogP contribution in [0.15, 0.2) is 0 Å². The van der Waals surface area contributed by atoms with E-state index in [0.29, 0.717) is 64.2 Å². The summed E-state index contributed by atoms with van der Waals surface area (Å²) in [6.45, 7) is 3.42. The highest BCUT2D eigenvalue weighted by molar-refractivity contribution is 8.76. The highest BCUT2D eigenvalue weighted by Crippen LogP contribution is 2.33. The SMILES string of the molecule is NCCSSCCC(=O)NCCOCCOCCNC(=O)CCCCC1SCC2NC(=O)NC21. The van der Waals surface area contributed by atoms with Crippen molar-refractivity contribution in [2.75, 3.05) is 63.3 Å². The summed E-state index contributed by atoms with van der Waals surface area (Å²) in [5.74, 6) is 2.71. The van der Waals surface area contributed by atoms with Gasteiger partial charge in [0, 0.05) is 55.0 Å². The quantitative estimate of drug-likeness (QED) is 0.0861.